The van der Waals surface area contributed by atoms with Crippen molar-refractivity contribution in [1.29, 1.82) is 0 Å². The van der Waals surface area contributed by atoms with Gasteiger partial charge in [-0.05, 0) is 44.2 Å². The zero-order valence-corrected chi connectivity index (χ0v) is 17.1. The van der Waals surface area contributed by atoms with Gasteiger partial charge in [-0.25, -0.2) is 4.68 Å². The number of benzene rings is 2. The standard InChI is InChI=1S/C22H22BrN3O/c1-3-25(4-2)21(27)15-12-18-16-26(20-8-6-5-7-9-20)24-22(18)17-10-13-19(23)14-11-17/h5-16H,3-4H2,1-2H3/b15-12+. The second kappa shape index (κ2) is 8.82. The maximum atomic E-state index is 12.4. The summed E-state index contributed by atoms with van der Waals surface area (Å²) >= 11 is 3.47. The fraction of sp³-hybridized carbons (Fsp3) is 0.182. The van der Waals surface area contributed by atoms with Gasteiger partial charge in [0.2, 0.25) is 5.91 Å². The summed E-state index contributed by atoms with van der Waals surface area (Å²) in [6.45, 7) is 5.36. The molecular weight excluding hydrogens is 402 g/mol. The van der Waals surface area contributed by atoms with Crippen molar-refractivity contribution in [2.24, 2.45) is 0 Å². The van der Waals surface area contributed by atoms with Crippen LogP contribution in [-0.4, -0.2) is 33.7 Å². The van der Waals surface area contributed by atoms with Crippen LogP contribution >= 0.6 is 15.9 Å². The molecule has 138 valence electrons. The highest BCUT2D eigenvalue weighted by molar-refractivity contribution is 9.10. The van der Waals surface area contributed by atoms with E-state index in [0.29, 0.717) is 13.1 Å². The number of amides is 1. The van der Waals surface area contributed by atoms with E-state index in [1.54, 1.807) is 11.0 Å². The monoisotopic (exact) mass is 423 g/mol. The summed E-state index contributed by atoms with van der Waals surface area (Å²) < 4.78 is 2.86. The molecule has 0 radical (unpaired) electrons. The van der Waals surface area contributed by atoms with Crippen LogP contribution in [0.15, 0.2) is 71.3 Å². The van der Waals surface area contributed by atoms with E-state index >= 15 is 0 Å². The Morgan fingerprint density at radius 3 is 2.37 bits per heavy atom. The summed E-state index contributed by atoms with van der Waals surface area (Å²) in [5.74, 6) is 0.00853. The van der Waals surface area contributed by atoms with Crippen molar-refractivity contribution in [3.05, 3.63) is 76.9 Å². The average molecular weight is 424 g/mol. The van der Waals surface area contributed by atoms with Gasteiger partial charge in [-0.3, -0.25) is 4.79 Å². The van der Waals surface area contributed by atoms with E-state index in [1.165, 1.54) is 0 Å². The lowest BCUT2D eigenvalue weighted by Gasteiger charge is -2.15. The van der Waals surface area contributed by atoms with Crippen molar-refractivity contribution in [1.82, 2.24) is 14.7 Å². The third-order valence-electron chi connectivity index (χ3n) is 4.36. The Morgan fingerprint density at radius 2 is 1.74 bits per heavy atom. The zero-order chi connectivity index (χ0) is 19.2. The van der Waals surface area contributed by atoms with Crippen LogP contribution in [0.25, 0.3) is 23.0 Å². The Kier molecular flexibility index (Phi) is 6.24. The normalized spacial score (nSPS) is 11.1. The number of rotatable bonds is 6. The number of para-hydroxylation sites is 1. The molecule has 1 heterocycles. The van der Waals surface area contributed by atoms with Gasteiger partial charge in [0.25, 0.3) is 0 Å². The van der Waals surface area contributed by atoms with Crippen molar-refractivity contribution in [3.8, 4) is 16.9 Å². The molecule has 0 saturated carbocycles. The summed E-state index contributed by atoms with van der Waals surface area (Å²) in [4.78, 5) is 14.1. The Labute approximate surface area is 168 Å². The van der Waals surface area contributed by atoms with Gasteiger partial charge in [0.15, 0.2) is 0 Å². The minimum Gasteiger partial charge on any atom is -0.340 e. The smallest absolute Gasteiger partial charge is 0.246 e. The molecule has 0 atom stereocenters. The van der Waals surface area contributed by atoms with E-state index < -0.39 is 0 Å². The number of aromatic nitrogens is 2. The molecule has 2 aromatic carbocycles. The predicted octanol–water partition coefficient (Wildman–Crippen LogP) is 5.18. The van der Waals surface area contributed by atoms with Crippen LogP contribution in [0.3, 0.4) is 0 Å². The first-order chi connectivity index (χ1) is 13.1. The highest BCUT2D eigenvalue weighted by Gasteiger charge is 2.12. The minimum atomic E-state index is 0.00853. The molecule has 0 unspecified atom stereocenters. The summed E-state index contributed by atoms with van der Waals surface area (Å²) in [6, 6.07) is 18.0. The highest BCUT2D eigenvalue weighted by atomic mass is 79.9. The first-order valence-corrected chi connectivity index (χ1v) is 9.79. The summed E-state index contributed by atoms with van der Waals surface area (Å²) in [5, 5.41) is 4.77. The highest BCUT2D eigenvalue weighted by Crippen LogP contribution is 2.26. The first kappa shape index (κ1) is 19.1. The molecule has 0 fully saturated rings. The number of nitrogens with zero attached hydrogens (tertiary/aromatic N) is 3. The molecule has 27 heavy (non-hydrogen) atoms. The fourth-order valence-corrected chi connectivity index (χ4v) is 3.12. The van der Waals surface area contributed by atoms with Gasteiger partial charge in [-0.2, -0.15) is 5.10 Å². The average Bonchev–Trinajstić information content (AvgIpc) is 3.13. The van der Waals surface area contributed by atoms with E-state index in [0.717, 1.165) is 27.0 Å². The molecule has 0 spiro atoms. The van der Waals surface area contributed by atoms with E-state index in [1.807, 2.05) is 85.4 Å². The lowest BCUT2D eigenvalue weighted by molar-refractivity contribution is -0.125. The molecule has 5 heteroatoms. The molecule has 0 saturated heterocycles. The zero-order valence-electron chi connectivity index (χ0n) is 15.5. The predicted molar refractivity (Wildman–Crippen MR) is 114 cm³/mol. The molecule has 3 rings (SSSR count). The molecule has 0 N–H and O–H groups in total. The fourth-order valence-electron chi connectivity index (χ4n) is 2.86. The maximum absolute atomic E-state index is 12.4. The Hall–Kier alpha value is -2.66. The SMILES string of the molecule is CCN(CC)C(=O)/C=C/c1cn(-c2ccccc2)nc1-c1ccc(Br)cc1. The molecule has 0 aliphatic heterocycles. The van der Waals surface area contributed by atoms with Crippen LogP contribution in [0, 0.1) is 0 Å². The molecule has 0 aliphatic carbocycles. The number of likely N-dealkylation sites (N-methyl/N-ethyl adjacent to an activating group) is 1. The van der Waals surface area contributed by atoms with Crippen molar-refractivity contribution in [3.63, 3.8) is 0 Å². The van der Waals surface area contributed by atoms with Crippen LogP contribution in [0.5, 0.6) is 0 Å². The quantitative estimate of drug-likeness (QED) is 0.512. The number of hydrogen-bond donors (Lipinski definition) is 0. The van der Waals surface area contributed by atoms with Crippen LogP contribution in [0.4, 0.5) is 0 Å². The molecule has 4 nitrogen and oxygen atoms in total. The van der Waals surface area contributed by atoms with Crippen molar-refractivity contribution >= 4 is 27.9 Å². The van der Waals surface area contributed by atoms with Gasteiger partial charge in [0.05, 0.1) is 11.4 Å². The van der Waals surface area contributed by atoms with Gasteiger partial charge in [-0.15, -0.1) is 0 Å². The summed E-state index contributed by atoms with van der Waals surface area (Å²) in [5.41, 5.74) is 3.73. The number of carbonyl (C=O) groups is 1. The van der Waals surface area contributed by atoms with E-state index in [2.05, 4.69) is 15.9 Å². The van der Waals surface area contributed by atoms with Crippen molar-refractivity contribution < 1.29 is 4.79 Å². The van der Waals surface area contributed by atoms with Gasteiger partial charge in [0, 0.05) is 41.0 Å². The minimum absolute atomic E-state index is 0.00853. The van der Waals surface area contributed by atoms with Crippen LogP contribution in [0.2, 0.25) is 0 Å². The van der Waals surface area contributed by atoms with Gasteiger partial charge < -0.3 is 4.90 Å². The van der Waals surface area contributed by atoms with E-state index in [9.17, 15) is 4.79 Å². The molecular formula is C22H22BrN3O. The molecule has 3 aromatic rings. The lowest BCUT2D eigenvalue weighted by Crippen LogP contribution is -2.28. The van der Waals surface area contributed by atoms with Gasteiger partial charge >= 0.3 is 0 Å². The number of hydrogen-bond acceptors (Lipinski definition) is 2. The molecule has 0 aliphatic rings. The summed E-state index contributed by atoms with van der Waals surface area (Å²) in [7, 11) is 0. The second-order valence-electron chi connectivity index (χ2n) is 6.06. The van der Waals surface area contributed by atoms with Crippen molar-refractivity contribution in [2.45, 2.75) is 13.8 Å². The maximum Gasteiger partial charge on any atom is 0.246 e. The van der Waals surface area contributed by atoms with Crippen LogP contribution in [0.1, 0.15) is 19.4 Å². The van der Waals surface area contributed by atoms with Crippen molar-refractivity contribution in [2.75, 3.05) is 13.1 Å². The number of carbonyl (C=O) groups excluding carboxylic acids is 1. The topological polar surface area (TPSA) is 38.1 Å². The number of halogens is 1. The molecule has 1 amide bonds. The Morgan fingerprint density at radius 1 is 1.07 bits per heavy atom. The molecule has 1 aromatic heterocycles. The van der Waals surface area contributed by atoms with E-state index in [4.69, 9.17) is 5.10 Å². The summed E-state index contributed by atoms with van der Waals surface area (Å²) in [6.07, 6.45) is 5.44. The van der Waals surface area contributed by atoms with Crippen LogP contribution in [-0.2, 0) is 4.79 Å². The Balaban J connectivity index is 2.01. The first-order valence-electron chi connectivity index (χ1n) is 9.00. The van der Waals surface area contributed by atoms with E-state index in [-0.39, 0.29) is 5.91 Å². The second-order valence-corrected chi connectivity index (χ2v) is 6.98. The van der Waals surface area contributed by atoms with Gasteiger partial charge in [-0.1, -0.05) is 46.3 Å². The third kappa shape index (κ3) is 4.55. The Bertz CT molecular complexity index is 926. The lowest BCUT2D eigenvalue weighted by atomic mass is 10.1. The molecule has 0 bridgehead atoms. The van der Waals surface area contributed by atoms with Gasteiger partial charge in [0.1, 0.15) is 0 Å². The largest absolute Gasteiger partial charge is 0.340 e. The van der Waals surface area contributed by atoms with Crippen LogP contribution < -0.4 is 0 Å². The third-order valence-corrected chi connectivity index (χ3v) is 4.89.